The standard InChI is InChI=1S/C14H15IN2O/c1-16-8-13-6-7-14(9-17-13)18-10-11-2-4-12(15)5-3-11/h2-7,9,16H,8,10H2,1H3. The molecule has 2 rings (SSSR count). The van der Waals surface area contributed by atoms with Gasteiger partial charge in [0.2, 0.25) is 0 Å². The topological polar surface area (TPSA) is 34.1 Å². The lowest BCUT2D eigenvalue weighted by atomic mass is 10.2. The van der Waals surface area contributed by atoms with Crippen LogP contribution in [0.3, 0.4) is 0 Å². The quantitative estimate of drug-likeness (QED) is 0.839. The van der Waals surface area contributed by atoms with Crippen molar-refractivity contribution in [3.8, 4) is 5.75 Å². The summed E-state index contributed by atoms with van der Waals surface area (Å²) >= 11 is 2.29. The molecule has 1 aromatic heterocycles. The molecule has 0 unspecified atom stereocenters. The molecule has 0 aliphatic heterocycles. The molecule has 1 aromatic carbocycles. The predicted octanol–water partition coefficient (Wildman–Crippen LogP) is 2.98. The molecule has 0 aliphatic carbocycles. The summed E-state index contributed by atoms with van der Waals surface area (Å²) in [5.41, 5.74) is 2.17. The van der Waals surface area contributed by atoms with Crippen LogP contribution in [0.25, 0.3) is 0 Å². The van der Waals surface area contributed by atoms with Gasteiger partial charge in [0.1, 0.15) is 12.4 Å². The van der Waals surface area contributed by atoms with Gasteiger partial charge >= 0.3 is 0 Å². The maximum atomic E-state index is 5.68. The van der Waals surface area contributed by atoms with Crippen LogP contribution in [-0.2, 0) is 13.2 Å². The second-order valence-corrected chi connectivity index (χ2v) is 5.18. The Bertz CT molecular complexity index is 482. The summed E-state index contributed by atoms with van der Waals surface area (Å²) in [5, 5.41) is 3.06. The van der Waals surface area contributed by atoms with Gasteiger partial charge in [-0.1, -0.05) is 12.1 Å². The average Bonchev–Trinajstić information content (AvgIpc) is 2.40. The van der Waals surface area contributed by atoms with Crippen molar-refractivity contribution in [2.45, 2.75) is 13.2 Å². The van der Waals surface area contributed by atoms with E-state index in [1.54, 1.807) is 6.20 Å². The minimum absolute atomic E-state index is 0.573. The molecule has 0 saturated carbocycles. The average molecular weight is 354 g/mol. The van der Waals surface area contributed by atoms with E-state index in [9.17, 15) is 0 Å². The van der Waals surface area contributed by atoms with Gasteiger partial charge in [0.25, 0.3) is 0 Å². The maximum Gasteiger partial charge on any atom is 0.138 e. The highest BCUT2D eigenvalue weighted by Crippen LogP contribution is 2.13. The van der Waals surface area contributed by atoms with Gasteiger partial charge in [-0.05, 0) is 59.5 Å². The molecule has 0 aliphatic rings. The predicted molar refractivity (Wildman–Crippen MR) is 80.5 cm³/mol. The van der Waals surface area contributed by atoms with Gasteiger partial charge in [0.15, 0.2) is 0 Å². The van der Waals surface area contributed by atoms with Crippen LogP contribution in [0.5, 0.6) is 5.75 Å². The third-order valence-electron chi connectivity index (χ3n) is 2.47. The van der Waals surface area contributed by atoms with Crippen LogP contribution < -0.4 is 10.1 Å². The van der Waals surface area contributed by atoms with Crippen molar-refractivity contribution in [2.75, 3.05) is 7.05 Å². The molecule has 3 nitrogen and oxygen atoms in total. The summed E-state index contributed by atoms with van der Waals surface area (Å²) in [5.74, 6) is 0.799. The Kier molecular flexibility index (Phi) is 4.95. The molecule has 18 heavy (non-hydrogen) atoms. The van der Waals surface area contributed by atoms with Crippen LogP contribution >= 0.6 is 22.6 Å². The summed E-state index contributed by atoms with van der Waals surface area (Å²) in [7, 11) is 1.91. The number of hydrogen-bond acceptors (Lipinski definition) is 3. The summed E-state index contributed by atoms with van der Waals surface area (Å²) in [6.45, 7) is 1.35. The van der Waals surface area contributed by atoms with E-state index in [0.29, 0.717) is 6.61 Å². The summed E-state index contributed by atoms with van der Waals surface area (Å²) in [6, 6.07) is 12.2. The van der Waals surface area contributed by atoms with E-state index in [2.05, 4.69) is 57.2 Å². The molecule has 0 amide bonds. The molecular weight excluding hydrogens is 339 g/mol. The third kappa shape index (κ3) is 3.96. The normalized spacial score (nSPS) is 10.3. The number of ether oxygens (including phenoxy) is 1. The van der Waals surface area contributed by atoms with Gasteiger partial charge in [0.05, 0.1) is 11.9 Å². The zero-order chi connectivity index (χ0) is 12.8. The van der Waals surface area contributed by atoms with Gasteiger partial charge in [-0.15, -0.1) is 0 Å². The number of rotatable bonds is 5. The third-order valence-corrected chi connectivity index (χ3v) is 3.19. The minimum atomic E-state index is 0.573. The van der Waals surface area contributed by atoms with Gasteiger partial charge in [-0.2, -0.15) is 0 Å². The minimum Gasteiger partial charge on any atom is -0.487 e. The molecule has 94 valence electrons. The van der Waals surface area contributed by atoms with Crippen LogP contribution in [0.1, 0.15) is 11.3 Å². The van der Waals surface area contributed by atoms with E-state index in [-0.39, 0.29) is 0 Å². The number of aromatic nitrogens is 1. The SMILES string of the molecule is CNCc1ccc(OCc2ccc(I)cc2)cn1. The Labute approximate surface area is 121 Å². The molecule has 0 fully saturated rings. The molecule has 1 heterocycles. The molecule has 0 spiro atoms. The molecule has 4 heteroatoms. The Morgan fingerprint density at radius 2 is 1.94 bits per heavy atom. The van der Waals surface area contributed by atoms with Crippen LogP contribution in [0.4, 0.5) is 0 Å². The molecular formula is C14H15IN2O. The fourth-order valence-corrected chi connectivity index (χ4v) is 1.89. The zero-order valence-electron chi connectivity index (χ0n) is 10.2. The van der Waals surface area contributed by atoms with Crippen molar-refractivity contribution < 1.29 is 4.74 Å². The molecule has 0 atom stereocenters. The number of nitrogens with zero attached hydrogens (tertiary/aromatic N) is 1. The lowest BCUT2D eigenvalue weighted by Crippen LogP contribution is -2.06. The van der Waals surface area contributed by atoms with Crippen molar-refractivity contribution >= 4 is 22.6 Å². The van der Waals surface area contributed by atoms with Crippen molar-refractivity contribution in [1.29, 1.82) is 0 Å². The molecule has 0 bridgehead atoms. The fourth-order valence-electron chi connectivity index (χ4n) is 1.53. The Hall–Kier alpha value is -1.14. The van der Waals surface area contributed by atoms with Crippen LogP contribution in [-0.4, -0.2) is 12.0 Å². The summed E-state index contributed by atoms with van der Waals surface area (Å²) in [4.78, 5) is 4.31. The van der Waals surface area contributed by atoms with E-state index < -0.39 is 0 Å². The maximum absolute atomic E-state index is 5.68. The second kappa shape index (κ2) is 6.70. The first-order chi connectivity index (χ1) is 8.78. The van der Waals surface area contributed by atoms with E-state index in [1.165, 1.54) is 3.57 Å². The van der Waals surface area contributed by atoms with Gasteiger partial charge in [-0.3, -0.25) is 4.98 Å². The van der Waals surface area contributed by atoms with Gasteiger partial charge in [-0.25, -0.2) is 0 Å². The molecule has 1 N–H and O–H groups in total. The number of halogens is 1. The fraction of sp³-hybridized carbons (Fsp3) is 0.214. The Morgan fingerprint density at radius 1 is 1.17 bits per heavy atom. The van der Waals surface area contributed by atoms with Crippen LogP contribution in [0.15, 0.2) is 42.6 Å². The Balaban J connectivity index is 1.91. The highest BCUT2D eigenvalue weighted by atomic mass is 127. The monoisotopic (exact) mass is 354 g/mol. The van der Waals surface area contributed by atoms with Crippen molar-refractivity contribution in [3.63, 3.8) is 0 Å². The van der Waals surface area contributed by atoms with E-state index in [4.69, 9.17) is 4.74 Å². The molecule has 0 saturated heterocycles. The largest absolute Gasteiger partial charge is 0.487 e. The van der Waals surface area contributed by atoms with Crippen molar-refractivity contribution in [2.24, 2.45) is 0 Å². The zero-order valence-corrected chi connectivity index (χ0v) is 12.3. The number of hydrogen-bond donors (Lipinski definition) is 1. The summed E-state index contributed by atoms with van der Waals surface area (Å²) < 4.78 is 6.91. The number of nitrogens with one attached hydrogen (secondary N) is 1. The first kappa shape index (κ1) is 13.3. The first-order valence-corrected chi connectivity index (χ1v) is 6.82. The lowest BCUT2D eigenvalue weighted by Gasteiger charge is -2.07. The first-order valence-electron chi connectivity index (χ1n) is 5.74. The Morgan fingerprint density at radius 3 is 2.56 bits per heavy atom. The van der Waals surface area contributed by atoms with Gasteiger partial charge < -0.3 is 10.1 Å². The van der Waals surface area contributed by atoms with Crippen molar-refractivity contribution in [3.05, 3.63) is 57.4 Å². The second-order valence-electron chi connectivity index (χ2n) is 3.93. The molecule has 0 radical (unpaired) electrons. The summed E-state index contributed by atoms with van der Waals surface area (Å²) in [6.07, 6.45) is 1.76. The van der Waals surface area contributed by atoms with E-state index >= 15 is 0 Å². The highest BCUT2D eigenvalue weighted by Gasteiger charge is 1.98. The van der Waals surface area contributed by atoms with Gasteiger partial charge in [0, 0.05) is 10.1 Å². The van der Waals surface area contributed by atoms with E-state index in [1.807, 2.05) is 19.2 Å². The van der Waals surface area contributed by atoms with Crippen LogP contribution in [0.2, 0.25) is 0 Å². The lowest BCUT2D eigenvalue weighted by molar-refractivity contribution is 0.304. The van der Waals surface area contributed by atoms with Crippen molar-refractivity contribution in [1.82, 2.24) is 10.3 Å². The molecule has 2 aromatic rings. The number of pyridine rings is 1. The van der Waals surface area contributed by atoms with E-state index in [0.717, 1.165) is 23.6 Å². The van der Waals surface area contributed by atoms with Crippen LogP contribution in [0, 0.1) is 3.57 Å². The smallest absolute Gasteiger partial charge is 0.138 e. The number of benzene rings is 1. The highest BCUT2D eigenvalue weighted by molar-refractivity contribution is 14.1.